The number of aromatic nitrogens is 5. The van der Waals surface area contributed by atoms with Crippen molar-refractivity contribution >= 4 is 28.1 Å². The number of nitrogens with zero attached hydrogens (tertiary/aromatic N) is 5. The Morgan fingerprint density at radius 3 is 2.54 bits per heavy atom. The Hall–Kier alpha value is -2.80. The zero-order valence-electron chi connectivity index (χ0n) is 13.6. The molecule has 3 aromatic heterocycles. The van der Waals surface area contributed by atoms with E-state index in [0.29, 0.717) is 17.6 Å². The van der Waals surface area contributed by atoms with Crippen LogP contribution in [0.1, 0.15) is 17.1 Å². The van der Waals surface area contributed by atoms with E-state index >= 15 is 0 Å². The van der Waals surface area contributed by atoms with Crippen molar-refractivity contribution in [2.24, 2.45) is 0 Å². The molecular formula is C17H16N6S. The molecule has 1 aromatic carbocycles. The average molecular weight is 336 g/mol. The highest BCUT2D eigenvalue weighted by Crippen LogP contribution is 2.22. The molecule has 0 saturated carbocycles. The fourth-order valence-corrected chi connectivity index (χ4v) is 3.26. The quantitative estimate of drug-likeness (QED) is 0.614. The second-order valence-corrected chi connectivity index (χ2v) is 6.52. The highest BCUT2D eigenvalue weighted by Gasteiger charge is 2.10. The van der Waals surface area contributed by atoms with Crippen molar-refractivity contribution in [3.05, 3.63) is 52.8 Å². The summed E-state index contributed by atoms with van der Waals surface area (Å²) in [6.07, 6.45) is 0. The van der Waals surface area contributed by atoms with Crippen LogP contribution >= 0.6 is 11.3 Å². The van der Waals surface area contributed by atoms with Crippen molar-refractivity contribution in [2.45, 2.75) is 20.8 Å². The summed E-state index contributed by atoms with van der Waals surface area (Å²) in [4.78, 5) is 14.3. The van der Waals surface area contributed by atoms with Crippen molar-refractivity contribution in [1.29, 1.82) is 0 Å². The van der Waals surface area contributed by atoms with Gasteiger partial charge in [0, 0.05) is 17.0 Å². The molecule has 0 bridgehead atoms. The molecule has 0 spiro atoms. The van der Waals surface area contributed by atoms with Gasteiger partial charge in [-0.25, -0.2) is 14.5 Å². The topological polar surface area (TPSA) is 68.0 Å². The lowest BCUT2D eigenvalue weighted by atomic mass is 10.1. The number of anilines is 2. The maximum absolute atomic E-state index is 4.53. The molecule has 0 aliphatic rings. The van der Waals surface area contributed by atoms with E-state index < -0.39 is 0 Å². The molecule has 0 aliphatic carbocycles. The Morgan fingerprint density at radius 1 is 1.00 bits per heavy atom. The molecule has 0 saturated heterocycles. The lowest BCUT2D eigenvalue weighted by Gasteiger charge is -2.07. The SMILES string of the molecule is Cc1ccc(-c2cc(Nc3nc4scc(C)n4n3)nc(C)n2)cc1. The van der Waals surface area contributed by atoms with Crippen LogP contribution in [-0.4, -0.2) is 24.6 Å². The number of rotatable bonds is 3. The van der Waals surface area contributed by atoms with E-state index in [1.165, 1.54) is 5.56 Å². The number of fused-ring (bicyclic) bond motifs is 1. The molecular weight excluding hydrogens is 320 g/mol. The van der Waals surface area contributed by atoms with Crippen LogP contribution in [0.5, 0.6) is 0 Å². The van der Waals surface area contributed by atoms with Crippen molar-refractivity contribution < 1.29 is 0 Å². The molecule has 6 nitrogen and oxygen atoms in total. The first-order valence-electron chi connectivity index (χ1n) is 7.59. The number of aryl methyl sites for hydroxylation is 3. The van der Waals surface area contributed by atoms with Crippen LogP contribution in [0.4, 0.5) is 11.8 Å². The van der Waals surface area contributed by atoms with E-state index in [2.05, 4.69) is 56.6 Å². The minimum absolute atomic E-state index is 0.540. The van der Waals surface area contributed by atoms with Crippen molar-refractivity contribution in [3.8, 4) is 11.3 Å². The minimum atomic E-state index is 0.540. The molecule has 0 radical (unpaired) electrons. The molecule has 4 aromatic rings. The summed E-state index contributed by atoms with van der Waals surface area (Å²) in [6.45, 7) is 5.96. The van der Waals surface area contributed by atoms with E-state index in [9.17, 15) is 0 Å². The molecule has 0 amide bonds. The van der Waals surface area contributed by atoms with E-state index in [0.717, 1.165) is 21.9 Å². The maximum atomic E-state index is 4.53. The normalized spacial score (nSPS) is 11.1. The molecule has 0 unspecified atom stereocenters. The van der Waals surface area contributed by atoms with Gasteiger partial charge in [-0.1, -0.05) is 29.8 Å². The molecule has 24 heavy (non-hydrogen) atoms. The molecule has 120 valence electrons. The fraction of sp³-hybridized carbons (Fsp3) is 0.176. The van der Waals surface area contributed by atoms with Gasteiger partial charge in [0.05, 0.1) is 11.4 Å². The van der Waals surface area contributed by atoms with Gasteiger partial charge in [0.1, 0.15) is 11.6 Å². The summed E-state index contributed by atoms with van der Waals surface area (Å²) >= 11 is 1.57. The molecule has 0 fully saturated rings. The average Bonchev–Trinajstić information content (AvgIpc) is 3.09. The molecule has 4 rings (SSSR count). The third-order valence-corrected chi connectivity index (χ3v) is 4.61. The number of hydrogen-bond donors (Lipinski definition) is 1. The second-order valence-electron chi connectivity index (χ2n) is 5.68. The Bertz CT molecular complexity index is 1020. The first kappa shape index (κ1) is 14.8. The summed E-state index contributed by atoms with van der Waals surface area (Å²) in [5.74, 6) is 1.93. The van der Waals surface area contributed by atoms with Gasteiger partial charge in [0.2, 0.25) is 10.9 Å². The van der Waals surface area contributed by atoms with Crippen LogP contribution in [0, 0.1) is 20.8 Å². The number of hydrogen-bond acceptors (Lipinski definition) is 6. The van der Waals surface area contributed by atoms with Gasteiger partial charge in [-0.15, -0.1) is 16.4 Å². The predicted molar refractivity (Wildman–Crippen MR) is 95.8 cm³/mol. The van der Waals surface area contributed by atoms with E-state index in [1.54, 1.807) is 11.3 Å². The van der Waals surface area contributed by atoms with Crippen LogP contribution in [-0.2, 0) is 0 Å². The Morgan fingerprint density at radius 2 is 1.79 bits per heavy atom. The third-order valence-electron chi connectivity index (χ3n) is 3.67. The number of benzene rings is 1. The van der Waals surface area contributed by atoms with Crippen molar-refractivity contribution in [3.63, 3.8) is 0 Å². The van der Waals surface area contributed by atoms with Gasteiger partial charge in [-0.05, 0) is 20.8 Å². The van der Waals surface area contributed by atoms with Crippen LogP contribution in [0.15, 0.2) is 35.7 Å². The zero-order valence-corrected chi connectivity index (χ0v) is 14.4. The minimum Gasteiger partial charge on any atom is -0.307 e. The molecule has 1 N–H and O–H groups in total. The van der Waals surface area contributed by atoms with Crippen LogP contribution < -0.4 is 5.32 Å². The van der Waals surface area contributed by atoms with Crippen molar-refractivity contribution in [2.75, 3.05) is 5.32 Å². The highest BCUT2D eigenvalue weighted by molar-refractivity contribution is 7.15. The zero-order chi connectivity index (χ0) is 16.7. The monoisotopic (exact) mass is 336 g/mol. The summed E-state index contributed by atoms with van der Waals surface area (Å²) in [5, 5.41) is 9.67. The molecule has 3 heterocycles. The Labute approximate surface area is 143 Å². The predicted octanol–water partition coefficient (Wildman–Crippen LogP) is 3.92. The van der Waals surface area contributed by atoms with Gasteiger partial charge in [0.15, 0.2) is 0 Å². The first-order valence-corrected chi connectivity index (χ1v) is 8.47. The lowest BCUT2D eigenvalue weighted by Crippen LogP contribution is -2.00. The van der Waals surface area contributed by atoms with Crippen LogP contribution in [0.3, 0.4) is 0 Å². The van der Waals surface area contributed by atoms with Crippen LogP contribution in [0.2, 0.25) is 0 Å². The van der Waals surface area contributed by atoms with Gasteiger partial charge in [-0.2, -0.15) is 4.98 Å². The first-order chi connectivity index (χ1) is 11.6. The number of thiazole rings is 1. The third kappa shape index (κ3) is 2.74. The van der Waals surface area contributed by atoms with E-state index in [4.69, 9.17) is 0 Å². The second kappa shape index (κ2) is 5.68. The summed E-state index contributed by atoms with van der Waals surface area (Å²) in [7, 11) is 0. The van der Waals surface area contributed by atoms with Gasteiger partial charge >= 0.3 is 0 Å². The van der Waals surface area contributed by atoms with Gasteiger partial charge < -0.3 is 5.32 Å². The molecule has 7 heteroatoms. The standard InChI is InChI=1S/C17H16N6S/c1-10-4-6-13(7-5-10)14-8-15(19-12(3)18-14)20-16-21-17-23(22-16)11(2)9-24-17/h4-9H,1-3H3,(H,18,19,20,22). The maximum Gasteiger partial charge on any atom is 0.249 e. The summed E-state index contributed by atoms with van der Waals surface area (Å²) in [6, 6.07) is 10.2. The van der Waals surface area contributed by atoms with Crippen molar-refractivity contribution in [1.82, 2.24) is 24.6 Å². The smallest absolute Gasteiger partial charge is 0.249 e. The largest absolute Gasteiger partial charge is 0.307 e. The summed E-state index contributed by atoms with van der Waals surface area (Å²) in [5.41, 5.74) is 4.22. The van der Waals surface area contributed by atoms with Gasteiger partial charge in [0.25, 0.3) is 0 Å². The van der Waals surface area contributed by atoms with E-state index in [1.807, 2.05) is 29.8 Å². The van der Waals surface area contributed by atoms with Crippen LogP contribution in [0.25, 0.3) is 16.2 Å². The van der Waals surface area contributed by atoms with E-state index in [-0.39, 0.29) is 0 Å². The fourth-order valence-electron chi connectivity index (χ4n) is 2.46. The number of nitrogens with one attached hydrogen (secondary N) is 1. The highest BCUT2D eigenvalue weighted by atomic mass is 32.1. The summed E-state index contributed by atoms with van der Waals surface area (Å²) < 4.78 is 1.82. The Balaban J connectivity index is 1.68. The lowest BCUT2D eigenvalue weighted by molar-refractivity contribution is 0.934. The van der Waals surface area contributed by atoms with Gasteiger partial charge in [-0.3, -0.25) is 0 Å². The molecule has 0 aliphatic heterocycles. The Kier molecular flexibility index (Phi) is 3.50. The molecule has 0 atom stereocenters.